The van der Waals surface area contributed by atoms with Gasteiger partial charge >= 0.3 is 5.97 Å². The quantitative estimate of drug-likeness (QED) is 0.486. The first-order chi connectivity index (χ1) is 8.09. The molecule has 5 nitrogen and oxygen atoms in total. The van der Waals surface area contributed by atoms with Crippen molar-refractivity contribution in [1.82, 2.24) is 5.32 Å². The lowest BCUT2D eigenvalue weighted by Gasteiger charge is -2.02. The molecule has 1 aromatic carbocycles. The topological polar surface area (TPSA) is 67.8 Å². The largest absolute Gasteiger partial charge is 0.353 e. The van der Waals surface area contributed by atoms with Crippen LogP contribution in [-0.2, 0) is 9.63 Å². The number of hydrogen-bond acceptors (Lipinski definition) is 4. The Morgan fingerprint density at radius 2 is 1.88 bits per heavy atom. The van der Waals surface area contributed by atoms with Crippen LogP contribution in [0.1, 0.15) is 24.2 Å². The highest BCUT2D eigenvalue weighted by molar-refractivity contribution is 5.95. The number of amides is 1. The molecule has 0 unspecified atom stereocenters. The predicted octanol–water partition coefficient (Wildman–Crippen LogP) is 1.36. The van der Waals surface area contributed by atoms with Crippen LogP contribution in [0.25, 0.3) is 0 Å². The molecular formula is C12H14N2O3. The van der Waals surface area contributed by atoms with Gasteiger partial charge in [0, 0.05) is 5.56 Å². The van der Waals surface area contributed by atoms with Gasteiger partial charge in [0.1, 0.15) is 6.54 Å². The van der Waals surface area contributed by atoms with Gasteiger partial charge in [-0.2, -0.15) is 0 Å². The molecule has 0 aromatic heterocycles. The van der Waals surface area contributed by atoms with E-state index < -0.39 is 5.97 Å². The highest BCUT2D eigenvalue weighted by Crippen LogP contribution is 1.97. The third kappa shape index (κ3) is 4.92. The molecule has 5 heteroatoms. The highest BCUT2D eigenvalue weighted by atomic mass is 16.7. The van der Waals surface area contributed by atoms with Crippen molar-refractivity contribution < 1.29 is 14.4 Å². The molecule has 0 heterocycles. The summed E-state index contributed by atoms with van der Waals surface area (Å²) in [6.45, 7) is 3.20. The van der Waals surface area contributed by atoms with Gasteiger partial charge in [0.05, 0.1) is 5.71 Å². The fourth-order valence-electron chi connectivity index (χ4n) is 1.02. The molecule has 0 saturated heterocycles. The lowest BCUT2D eigenvalue weighted by atomic mass is 10.2. The second-order valence-electron chi connectivity index (χ2n) is 3.55. The Balaban J connectivity index is 2.39. The van der Waals surface area contributed by atoms with E-state index in [0.717, 1.165) is 0 Å². The van der Waals surface area contributed by atoms with Crippen LogP contribution in [0, 0.1) is 0 Å². The number of carbonyl (C=O) groups is 2. The van der Waals surface area contributed by atoms with Crippen molar-refractivity contribution in [2.75, 3.05) is 6.54 Å². The molecule has 1 aromatic rings. The molecule has 0 bridgehead atoms. The summed E-state index contributed by atoms with van der Waals surface area (Å²) in [5.41, 5.74) is 1.13. The smallest absolute Gasteiger partial charge is 0.341 e. The third-order valence-electron chi connectivity index (χ3n) is 1.76. The molecule has 1 rings (SSSR count). The van der Waals surface area contributed by atoms with Gasteiger partial charge in [0.2, 0.25) is 0 Å². The van der Waals surface area contributed by atoms with Crippen LogP contribution in [0.3, 0.4) is 0 Å². The van der Waals surface area contributed by atoms with Crippen molar-refractivity contribution in [3.05, 3.63) is 35.9 Å². The number of hydrogen-bond donors (Lipinski definition) is 1. The van der Waals surface area contributed by atoms with Crippen molar-refractivity contribution in [3.8, 4) is 0 Å². The van der Waals surface area contributed by atoms with Gasteiger partial charge in [-0.05, 0) is 26.0 Å². The van der Waals surface area contributed by atoms with Crippen molar-refractivity contribution in [2.45, 2.75) is 13.8 Å². The molecule has 0 aliphatic rings. The molecule has 17 heavy (non-hydrogen) atoms. The first-order valence-corrected chi connectivity index (χ1v) is 5.14. The standard InChI is InChI=1S/C12H14N2O3/c1-9(2)14-17-11(15)8-13-12(16)10-6-4-3-5-7-10/h3-7H,8H2,1-2H3,(H,13,16). The van der Waals surface area contributed by atoms with Gasteiger partial charge in [-0.3, -0.25) is 4.79 Å². The monoisotopic (exact) mass is 234 g/mol. The van der Waals surface area contributed by atoms with Crippen LogP contribution in [0.15, 0.2) is 35.5 Å². The lowest BCUT2D eigenvalue weighted by molar-refractivity contribution is -0.142. The summed E-state index contributed by atoms with van der Waals surface area (Å²) in [5.74, 6) is -0.921. The fourth-order valence-corrected chi connectivity index (χ4v) is 1.02. The van der Waals surface area contributed by atoms with E-state index >= 15 is 0 Å². The summed E-state index contributed by atoms with van der Waals surface area (Å²) in [6.07, 6.45) is 0. The van der Waals surface area contributed by atoms with Crippen LogP contribution in [0.4, 0.5) is 0 Å². The highest BCUT2D eigenvalue weighted by Gasteiger charge is 2.07. The average Bonchev–Trinajstić information content (AvgIpc) is 2.34. The molecule has 0 radical (unpaired) electrons. The summed E-state index contributed by atoms with van der Waals surface area (Å²) in [7, 11) is 0. The maximum Gasteiger partial charge on any atom is 0.353 e. The number of nitrogens with zero attached hydrogens (tertiary/aromatic N) is 1. The number of benzene rings is 1. The molecule has 90 valence electrons. The van der Waals surface area contributed by atoms with Gasteiger partial charge in [-0.25, -0.2) is 4.79 Å². The summed E-state index contributed by atoms with van der Waals surface area (Å²) in [4.78, 5) is 27.2. The Kier molecular flexibility index (Phi) is 4.87. The molecule has 0 aliphatic heterocycles. The van der Waals surface area contributed by atoms with Gasteiger partial charge < -0.3 is 10.2 Å². The van der Waals surface area contributed by atoms with Crippen LogP contribution >= 0.6 is 0 Å². The molecule has 0 fully saturated rings. The zero-order chi connectivity index (χ0) is 12.7. The van der Waals surface area contributed by atoms with Gasteiger partial charge in [-0.15, -0.1) is 0 Å². The number of carbonyl (C=O) groups excluding carboxylic acids is 2. The second kappa shape index (κ2) is 6.42. The molecule has 0 saturated carbocycles. The van der Waals surface area contributed by atoms with Gasteiger partial charge in [0.25, 0.3) is 5.91 Å². The van der Waals surface area contributed by atoms with Crippen molar-refractivity contribution in [2.24, 2.45) is 5.16 Å². The molecule has 0 atom stereocenters. The minimum atomic E-state index is -0.601. The van der Waals surface area contributed by atoms with E-state index in [9.17, 15) is 9.59 Å². The van der Waals surface area contributed by atoms with Crippen molar-refractivity contribution in [1.29, 1.82) is 0 Å². The predicted molar refractivity (Wildman–Crippen MR) is 63.7 cm³/mol. The summed E-state index contributed by atoms with van der Waals surface area (Å²) >= 11 is 0. The van der Waals surface area contributed by atoms with E-state index in [1.807, 2.05) is 6.07 Å². The van der Waals surface area contributed by atoms with E-state index in [1.54, 1.807) is 38.1 Å². The van der Waals surface area contributed by atoms with Crippen LogP contribution in [0.2, 0.25) is 0 Å². The minimum absolute atomic E-state index is 0.204. The lowest BCUT2D eigenvalue weighted by Crippen LogP contribution is -2.30. The Labute approximate surface area is 99.5 Å². The van der Waals surface area contributed by atoms with E-state index in [4.69, 9.17) is 0 Å². The molecule has 1 N–H and O–H groups in total. The summed E-state index contributed by atoms with van der Waals surface area (Å²) < 4.78 is 0. The second-order valence-corrected chi connectivity index (χ2v) is 3.55. The van der Waals surface area contributed by atoms with Crippen molar-refractivity contribution in [3.63, 3.8) is 0 Å². The SMILES string of the molecule is CC(C)=NOC(=O)CNC(=O)c1ccccc1. The summed E-state index contributed by atoms with van der Waals surface area (Å²) in [5, 5.41) is 5.93. The normalized spacial score (nSPS) is 9.29. The molecular weight excluding hydrogens is 220 g/mol. The van der Waals surface area contributed by atoms with E-state index in [0.29, 0.717) is 11.3 Å². The number of rotatable bonds is 4. The fraction of sp³-hybridized carbons (Fsp3) is 0.250. The Morgan fingerprint density at radius 1 is 1.24 bits per heavy atom. The first-order valence-electron chi connectivity index (χ1n) is 5.14. The van der Waals surface area contributed by atoms with E-state index in [2.05, 4.69) is 15.3 Å². The number of nitrogens with one attached hydrogen (secondary N) is 1. The minimum Gasteiger partial charge on any atom is -0.341 e. The maximum absolute atomic E-state index is 11.5. The van der Waals surface area contributed by atoms with Gasteiger partial charge in [0.15, 0.2) is 0 Å². The molecule has 0 spiro atoms. The first kappa shape index (κ1) is 12.9. The Morgan fingerprint density at radius 3 is 2.47 bits per heavy atom. The zero-order valence-electron chi connectivity index (χ0n) is 9.77. The van der Waals surface area contributed by atoms with E-state index in [1.165, 1.54) is 0 Å². The zero-order valence-corrected chi connectivity index (χ0v) is 9.77. The molecule has 0 aliphatic carbocycles. The van der Waals surface area contributed by atoms with Crippen LogP contribution in [-0.4, -0.2) is 24.1 Å². The number of oxime groups is 1. The molecule has 1 amide bonds. The maximum atomic E-state index is 11.5. The van der Waals surface area contributed by atoms with E-state index in [-0.39, 0.29) is 12.5 Å². The van der Waals surface area contributed by atoms with Gasteiger partial charge in [-0.1, -0.05) is 23.4 Å². The van der Waals surface area contributed by atoms with Crippen LogP contribution < -0.4 is 5.32 Å². The van der Waals surface area contributed by atoms with Crippen LogP contribution in [0.5, 0.6) is 0 Å². The van der Waals surface area contributed by atoms with Crippen molar-refractivity contribution >= 4 is 17.6 Å². The third-order valence-corrected chi connectivity index (χ3v) is 1.76. The Hall–Kier alpha value is -2.17. The summed E-state index contributed by atoms with van der Waals surface area (Å²) in [6, 6.07) is 8.63. The Bertz CT molecular complexity index is 423. The average molecular weight is 234 g/mol.